The maximum Gasteiger partial charge on any atom is 0.0605 e. The lowest BCUT2D eigenvalue weighted by molar-refractivity contribution is 0.423. The molecule has 1 aromatic carbocycles. The second-order valence-electron chi connectivity index (χ2n) is 4.87. The molecule has 0 atom stereocenters. The summed E-state index contributed by atoms with van der Waals surface area (Å²) in [6.45, 7) is 8.74. The second-order valence-corrected chi connectivity index (χ2v) is 4.87. The molecule has 2 rings (SSSR count). The standard InChI is InChI=1S/C12H18N2/c1-9-5-4-6-10-11(9)14-8-12(2,3)7-13-10/h4-6,13-14H,7-8H2,1-3H3. The van der Waals surface area contributed by atoms with E-state index in [0.29, 0.717) is 5.41 Å². The van der Waals surface area contributed by atoms with E-state index in [9.17, 15) is 0 Å². The number of aryl methyl sites for hydroxylation is 1. The molecule has 2 N–H and O–H groups in total. The van der Waals surface area contributed by atoms with Gasteiger partial charge in [-0.3, -0.25) is 0 Å². The smallest absolute Gasteiger partial charge is 0.0605 e. The van der Waals surface area contributed by atoms with Crippen molar-refractivity contribution in [2.45, 2.75) is 20.8 Å². The molecule has 0 saturated carbocycles. The monoisotopic (exact) mass is 190 g/mol. The van der Waals surface area contributed by atoms with Gasteiger partial charge < -0.3 is 10.6 Å². The molecular weight excluding hydrogens is 172 g/mol. The number of nitrogens with one attached hydrogen (secondary N) is 2. The summed E-state index contributed by atoms with van der Waals surface area (Å²) in [5, 5.41) is 7.01. The third-order valence-electron chi connectivity index (χ3n) is 2.77. The molecule has 0 saturated heterocycles. The number of para-hydroxylation sites is 1. The van der Waals surface area contributed by atoms with Crippen molar-refractivity contribution in [2.24, 2.45) is 5.41 Å². The largest absolute Gasteiger partial charge is 0.383 e. The Balaban J connectivity index is 2.34. The number of anilines is 2. The first kappa shape index (κ1) is 9.38. The Hall–Kier alpha value is -1.18. The minimum Gasteiger partial charge on any atom is -0.383 e. The molecule has 76 valence electrons. The minimum absolute atomic E-state index is 0.311. The van der Waals surface area contributed by atoms with Crippen LogP contribution in [0.3, 0.4) is 0 Å². The highest BCUT2D eigenvalue weighted by Gasteiger charge is 2.22. The highest BCUT2D eigenvalue weighted by atomic mass is 15.0. The molecule has 1 aliphatic heterocycles. The quantitative estimate of drug-likeness (QED) is 0.657. The van der Waals surface area contributed by atoms with Gasteiger partial charge in [0.1, 0.15) is 0 Å². The van der Waals surface area contributed by atoms with Gasteiger partial charge >= 0.3 is 0 Å². The van der Waals surface area contributed by atoms with Crippen LogP contribution in [-0.4, -0.2) is 13.1 Å². The maximum absolute atomic E-state index is 3.52. The van der Waals surface area contributed by atoms with Crippen LogP contribution < -0.4 is 10.6 Å². The van der Waals surface area contributed by atoms with Gasteiger partial charge in [-0.2, -0.15) is 0 Å². The minimum atomic E-state index is 0.311. The number of rotatable bonds is 0. The zero-order valence-electron chi connectivity index (χ0n) is 9.15. The molecule has 0 aliphatic carbocycles. The summed E-state index contributed by atoms with van der Waals surface area (Å²) in [6.07, 6.45) is 0. The predicted molar refractivity (Wildman–Crippen MR) is 61.9 cm³/mol. The summed E-state index contributed by atoms with van der Waals surface area (Å²) in [4.78, 5) is 0. The molecule has 0 aromatic heterocycles. The van der Waals surface area contributed by atoms with Crippen LogP contribution in [0.25, 0.3) is 0 Å². The van der Waals surface area contributed by atoms with Gasteiger partial charge in [-0.25, -0.2) is 0 Å². The van der Waals surface area contributed by atoms with E-state index in [1.54, 1.807) is 0 Å². The lowest BCUT2D eigenvalue weighted by Crippen LogP contribution is -2.27. The van der Waals surface area contributed by atoms with Gasteiger partial charge in [0.25, 0.3) is 0 Å². The fraction of sp³-hybridized carbons (Fsp3) is 0.500. The van der Waals surface area contributed by atoms with Gasteiger partial charge in [0.15, 0.2) is 0 Å². The molecule has 0 amide bonds. The predicted octanol–water partition coefficient (Wildman–Crippen LogP) is 2.86. The van der Waals surface area contributed by atoms with Crippen molar-refractivity contribution in [3.05, 3.63) is 23.8 Å². The van der Waals surface area contributed by atoms with E-state index in [2.05, 4.69) is 49.6 Å². The van der Waals surface area contributed by atoms with E-state index in [0.717, 1.165) is 13.1 Å². The molecule has 14 heavy (non-hydrogen) atoms. The van der Waals surface area contributed by atoms with Crippen LogP contribution in [0.5, 0.6) is 0 Å². The zero-order valence-corrected chi connectivity index (χ0v) is 9.15. The lowest BCUT2D eigenvalue weighted by Gasteiger charge is -2.21. The first-order chi connectivity index (χ1) is 6.58. The highest BCUT2D eigenvalue weighted by molar-refractivity contribution is 5.73. The van der Waals surface area contributed by atoms with Gasteiger partial charge in [-0.1, -0.05) is 26.0 Å². The normalized spacial score (nSPS) is 18.8. The van der Waals surface area contributed by atoms with E-state index >= 15 is 0 Å². The van der Waals surface area contributed by atoms with Crippen LogP contribution in [-0.2, 0) is 0 Å². The first-order valence-electron chi connectivity index (χ1n) is 5.16. The first-order valence-corrected chi connectivity index (χ1v) is 5.16. The molecule has 0 bridgehead atoms. The van der Waals surface area contributed by atoms with Gasteiger partial charge in [-0.05, 0) is 24.0 Å². The van der Waals surface area contributed by atoms with E-state index in [4.69, 9.17) is 0 Å². The third kappa shape index (κ3) is 1.69. The molecule has 1 aromatic rings. The molecular formula is C12H18N2. The number of fused-ring (bicyclic) bond motifs is 1. The van der Waals surface area contributed by atoms with Crippen molar-refractivity contribution in [1.82, 2.24) is 0 Å². The van der Waals surface area contributed by atoms with Crippen LogP contribution in [0.2, 0.25) is 0 Å². The van der Waals surface area contributed by atoms with Crippen molar-refractivity contribution in [2.75, 3.05) is 23.7 Å². The topological polar surface area (TPSA) is 24.1 Å². The summed E-state index contributed by atoms with van der Waals surface area (Å²) in [7, 11) is 0. The number of hydrogen-bond donors (Lipinski definition) is 2. The van der Waals surface area contributed by atoms with Crippen LogP contribution >= 0.6 is 0 Å². The summed E-state index contributed by atoms with van der Waals surface area (Å²) in [5.74, 6) is 0. The van der Waals surface area contributed by atoms with Gasteiger partial charge in [0.05, 0.1) is 11.4 Å². The second kappa shape index (κ2) is 3.19. The highest BCUT2D eigenvalue weighted by Crippen LogP contribution is 2.31. The van der Waals surface area contributed by atoms with Crippen LogP contribution in [0, 0.1) is 12.3 Å². The molecule has 0 fully saturated rings. The Kier molecular flexibility index (Phi) is 2.14. The third-order valence-corrected chi connectivity index (χ3v) is 2.77. The van der Waals surface area contributed by atoms with Crippen molar-refractivity contribution in [1.29, 1.82) is 0 Å². The number of hydrogen-bond acceptors (Lipinski definition) is 2. The molecule has 0 unspecified atom stereocenters. The van der Waals surface area contributed by atoms with Crippen LogP contribution in [0.4, 0.5) is 11.4 Å². The molecule has 1 heterocycles. The number of benzene rings is 1. The average molecular weight is 190 g/mol. The molecule has 1 aliphatic rings. The van der Waals surface area contributed by atoms with E-state index < -0.39 is 0 Å². The van der Waals surface area contributed by atoms with Gasteiger partial charge in [-0.15, -0.1) is 0 Å². The van der Waals surface area contributed by atoms with Crippen molar-refractivity contribution in [3.63, 3.8) is 0 Å². The zero-order chi connectivity index (χ0) is 10.2. The summed E-state index contributed by atoms with van der Waals surface area (Å²) < 4.78 is 0. The van der Waals surface area contributed by atoms with Gasteiger partial charge in [0.2, 0.25) is 0 Å². The Morgan fingerprint density at radius 2 is 1.86 bits per heavy atom. The van der Waals surface area contributed by atoms with Crippen molar-refractivity contribution < 1.29 is 0 Å². The van der Waals surface area contributed by atoms with Crippen molar-refractivity contribution in [3.8, 4) is 0 Å². The summed E-state index contributed by atoms with van der Waals surface area (Å²) in [5.41, 5.74) is 4.12. The summed E-state index contributed by atoms with van der Waals surface area (Å²) in [6, 6.07) is 6.38. The Bertz CT molecular complexity index is 342. The fourth-order valence-corrected chi connectivity index (χ4v) is 1.77. The van der Waals surface area contributed by atoms with Crippen LogP contribution in [0.15, 0.2) is 18.2 Å². The SMILES string of the molecule is Cc1cccc2c1NCC(C)(C)CN2. The van der Waals surface area contributed by atoms with E-state index in [1.807, 2.05) is 0 Å². The molecule has 0 spiro atoms. The Morgan fingerprint density at radius 1 is 1.14 bits per heavy atom. The van der Waals surface area contributed by atoms with Crippen LogP contribution in [0.1, 0.15) is 19.4 Å². The molecule has 2 heteroatoms. The molecule has 0 radical (unpaired) electrons. The average Bonchev–Trinajstić information content (AvgIpc) is 2.27. The lowest BCUT2D eigenvalue weighted by atomic mass is 9.94. The Labute approximate surface area is 85.7 Å². The molecule has 2 nitrogen and oxygen atoms in total. The van der Waals surface area contributed by atoms with Crippen molar-refractivity contribution >= 4 is 11.4 Å². The van der Waals surface area contributed by atoms with Gasteiger partial charge in [0, 0.05) is 13.1 Å². The van der Waals surface area contributed by atoms with E-state index in [-0.39, 0.29) is 0 Å². The fourth-order valence-electron chi connectivity index (χ4n) is 1.77. The maximum atomic E-state index is 3.52. The Morgan fingerprint density at radius 3 is 2.64 bits per heavy atom. The van der Waals surface area contributed by atoms with E-state index in [1.165, 1.54) is 16.9 Å². The summed E-state index contributed by atoms with van der Waals surface area (Å²) >= 11 is 0.